The molecule has 2 aliphatic rings. The van der Waals surface area contributed by atoms with Crippen molar-refractivity contribution in [3.8, 4) is 5.75 Å². The maximum Gasteiger partial charge on any atom is 0.223 e. The number of carbonyl (C=O) groups excluding carboxylic acids is 1. The fraction of sp³-hybridized carbons (Fsp3) is 0.409. The predicted octanol–water partition coefficient (Wildman–Crippen LogP) is 2.23. The first-order chi connectivity index (χ1) is 14.8. The van der Waals surface area contributed by atoms with Gasteiger partial charge in [0.15, 0.2) is 0 Å². The van der Waals surface area contributed by atoms with Crippen molar-refractivity contribution in [1.82, 2.24) is 15.0 Å². The van der Waals surface area contributed by atoms with Gasteiger partial charge in [-0.3, -0.25) is 9.78 Å². The van der Waals surface area contributed by atoms with Crippen LogP contribution in [0, 0.1) is 0 Å². The maximum absolute atomic E-state index is 12.5. The van der Waals surface area contributed by atoms with Gasteiger partial charge >= 0.3 is 0 Å². The van der Waals surface area contributed by atoms with Gasteiger partial charge in [0.2, 0.25) is 5.91 Å². The number of rotatable bonds is 5. The first-order valence-electron chi connectivity index (χ1n) is 10.2. The smallest absolute Gasteiger partial charge is 0.223 e. The van der Waals surface area contributed by atoms with Crippen LogP contribution in [0.1, 0.15) is 12.2 Å². The number of ether oxygens (including phenoxy) is 3. The van der Waals surface area contributed by atoms with Gasteiger partial charge < -0.3 is 23.6 Å². The van der Waals surface area contributed by atoms with E-state index < -0.39 is 0 Å². The lowest BCUT2D eigenvalue weighted by Gasteiger charge is -2.20. The summed E-state index contributed by atoms with van der Waals surface area (Å²) in [5.74, 6) is 1.58. The molecule has 156 valence electrons. The van der Waals surface area contributed by atoms with Crippen LogP contribution < -0.4 is 4.74 Å². The Kier molecular flexibility index (Phi) is 5.33. The van der Waals surface area contributed by atoms with Gasteiger partial charge in [0.05, 0.1) is 19.4 Å². The molecule has 5 rings (SSSR count). The number of nitrogens with zero attached hydrogens (tertiary/aromatic N) is 3. The van der Waals surface area contributed by atoms with Crippen LogP contribution in [-0.2, 0) is 20.7 Å². The van der Waals surface area contributed by atoms with Gasteiger partial charge in [-0.15, -0.1) is 0 Å². The zero-order valence-corrected chi connectivity index (χ0v) is 16.5. The number of aryl methyl sites for hydroxylation is 1. The number of hydrogen-bond donors (Lipinski definition) is 0. The Hall–Kier alpha value is -2.97. The summed E-state index contributed by atoms with van der Waals surface area (Å²) in [7, 11) is 0. The van der Waals surface area contributed by atoms with Crippen molar-refractivity contribution in [2.45, 2.75) is 31.2 Å². The van der Waals surface area contributed by atoms with Crippen molar-refractivity contribution in [2.75, 3.05) is 26.3 Å². The summed E-state index contributed by atoms with van der Waals surface area (Å²) in [4.78, 5) is 18.5. The van der Waals surface area contributed by atoms with Crippen LogP contribution in [0.2, 0.25) is 0 Å². The van der Waals surface area contributed by atoms with E-state index in [1.807, 2.05) is 35.4 Å². The van der Waals surface area contributed by atoms with Gasteiger partial charge in [0, 0.05) is 55.2 Å². The van der Waals surface area contributed by atoms with Crippen molar-refractivity contribution in [2.24, 2.45) is 0 Å². The van der Waals surface area contributed by atoms with E-state index in [1.165, 1.54) is 0 Å². The van der Waals surface area contributed by atoms with E-state index in [0.717, 1.165) is 16.5 Å². The molecule has 2 aliphatic heterocycles. The summed E-state index contributed by atoms with van der Waals surface area (Å²) in [5.41, 5.74) is 0. The lowest BCUT2D eigenvalue weighted by molar-refractivity contribution is -0.131. The Morgan fingerprint density at radius 3 is 2.70 bits per heavy atom. The molecule has 0 unspecified atom stereocenters. The quantitative estimate of drug-likeness (QED) is 0.639. The Morgan fingerprint density at radius 1 is 1.10 bits per heavy atom. The lowest BCUT2D eigenvalue weighted by atomic mass is 10.1. The van der Waals surface area contributed by atoms with E-state index in [9.17, 15) is 4.79 Å². The highest BCUT2D eigenvalue weighted by Gasteiger charge is 2.39. The number of carbonyl (C=O) groups is 1. The number of fused-ring (bicyclic) bond motifs is 2. The first kappa shape index (κ1) is 19.0. The molecule has 0 saturated carbocycles. The van der Waals surface area contributed by atoms with Crippen molar-refractivity contribution in [1.29, 1.82) is 0 Å². The average molecular weight is 409 g/mol. The second-order valence-electron chi connectivity index (χ2n) is 7.61. The van der Waals surface area contributed by atoms with E-state index >= 15 is 0 Å². The van der Waals surface area contributed by atoms with Crippen LogP contribution >= 0.6 is 0 Å². The van der Waals surface area contributed by atoms with E-state index in [-0.39, 0.29) is 24.2 Å². The van der Waals surface area contributed by atoms with Crippen molar-refractivity contribution in [3.63, 3.8) is 0 Å². The third-order valence-electron chi connectivity index (χ3n) is 5.57. The molecule has 0 bridgehead atoms. The number of amides is 1. The van der Waals surface area contributed by atoms with Crippen LogP contribution in [0.25, 0.3) is 10.8 Å². The minimum Gasteiger partial charge on any atom is -0.485 e. The van der Waals surface area contributed by atoms with Crippen molar-refractivity contribution in [3.05, 3.63) is 54.7 Å². The minimum absolute atomic E-state index is 0.0730. The van der Waals surface area contributed by atoms with Gasteiger partial charge in [0.1, 0.15) is 29.8 Å². The SMILES string of the molecule is O=C(CCc1ccno1)N1C[C@@H]2OCC(Oc3cccc4cnccc34)CO[C@H]2C1. The summed E-state index contributed by atoms with van der Waals surface area (Å²) in [6, 6.07) is 9.63. The van der Waals surface area contributed by atoms with Crippen LogP contribution in [0.4, 0.5) is 0 Å². The zero-order chi connectivity index (χ0) is 20.3. The van der Waals surface area contributed by atoms with Gasteiger partial charge in [-0.1, -0.05) is 17.3 Å². The molecule has 3 aromatic rings. The molecule has 0 radical (unpaired) electrons. The molecule has 1 amide bonds. The Morgan fingerprint density at radius 2 is 1.93 bits per heavy atom. The largest absolute Gasteiger partial charge is 0.485 e. The summed E-state index contributed by atoms with van der Waals surface area (Å²) < 4.78 is 23.4. The molecule has 0 N–H and O–H groups in total. The van der Waals surface area contributed by atoms with Gasteiger partial charge in [-0.05, 0) is 12.1 Å². The molecular formula is C22H23N3O5. The van der Waals surface area contributed by atoms with E-state index in [4.69, 9.17) is 18.7 Å². The molecule has 0 spiro atoms. The fourth-order valence-electron chi connectivity index (χ4n) is 3.98. The standard InChI is InChI=1S/C22H23N3O5/c26-22(5-4-16-6-9-24-30-16)25-11-20-21(12-25)28-14-17(13-27-20)29-19-3-1-2-15-10-23-8-7-18(15)19/h1-3,6-10,17,20-21H,4-5,11-14H2/t20-,21-/m0/s1. The average Bonchev–Trinajstić information content (AvgIpc) is 3.40. The number of aromatic nitrogens is 2. The zero-order valence-electron chi connectivity index (χ0n) is 16.5. The molecule has 2 fully saturated rings. The Bertz CT molecular complexity index is 988. The van der Waals surface area contributed by atoms with Crippen LogP contribution in [0.15, 0.2) is 53.4 Å². The third-order valence-corrected chi connectivity index (χ3v) is 5.57. The number of hydrogen-bond acceptors (Lipinski definition) is 7. The molecular weight excluding hydrogens is 386 g/mol. The number of likely N-dealkylation sites (tertiary alicyclic amines) is 1. The maximum atomic E-state index is 12.5. The second-order valence-corrected chi connectivity index (χ2v) is 7.61. The van der Waals surface area contributed by atoms with E-state index in [0.29, 0.717) is 44.9 Å². The molecule has 30 heavy (non-hydrogen) atoms. The van der Waals surface area contributed by atoms with E-state index in [2.05, 4.69) is 10.1 Å². The third kappa shape index (κ3) is 4.01. The van der Waals surface area contributed by atoms with Crippen LogP contribution in [-0.4, -0.2) is 65.6 Å². The summed E-state index contributed by atoms with van der Waals surface area (Å²) in [6.45, 7) is 1.91. The fourth-order valence-corrected chi connectivity index (χ4v) is 3.98. The van der Waals surface area contributed by atoms with Crippen LogP contribution in [0.5, 0.6) is 5.75 Å². The molecule has 8 heteroatoms. The van der Waals surface area contributed by atoms with Gasteiger partial charge in [-0.25, -0.2) is 0 Å². The first-order valence-corrected chi connectivity index (χ1v) is 10.2. The Labute approximate surface area is 173 Å². The summed E-state index contributed by atoms with van der Waals surface area (Å²) in [6.07, 6.45) is 5.62. The highest BCUT2D eigenvalue weighted by molar-refractivity contribution is 5.87. The molecule has 1 aromatic carbocycles. The van der Waals surface area contributed by atoms with Gasteiger partial charge in [-0.2, -0.15) is 0 Å². The summed E-state index contributed by atoms with van der Waals surface area (Å²) in [5, 5.41) is 5.71. The molecule has 8 nitrogen and oxygen atoms in total. The molecule has 0 aliphatic carbocycles. The topological polar surface area (TPSA) is 86.9 Å². The number of benzene rings is 1. The van der Waals surface area contributed by atoms with Gasteiger partial charge in [0.25, 0.3) is 0 Å². The normalized spacial score (nSPS) is 22.1. The Balaban J connectivity index is 1.16. The highest BCUT2D eigenvalue weighted by Crippen LogP contribution is 2.27. The van der Waals surface area contributed by atoms with E-state index in [1.54, 1.807) is 18.5 Å². The lowest BCUT2D eigenvalue weighted by Crippen LogP contribution is -2.33. The molecule has 2 saturated heterocycles. The predicted molar refractivity (Wildman–Crippen MR) is 107 cm³/mol. The minimum atomic E-state index is -0.204. The second kappa shape index (κ2) is 8.41. The molecule has 2 atom stereocenters. The molecule has 2 aromatic heterocycles. The van der Waals surface area contributed by atoms with Crippen molar-refractivity contribution >= 4 is 16.7 Å². The van der Waals surface area contributed by atoms with Crippen LogP contribution in [0.3, 0.4) is 0 Å². The molecule has 4 heterocycles. The highest BCUT2D eigenvalue weighted by atomic mass is 16.6. The monoisotopic (exact) mass is 409 g/mol. The van der Waals surface area contributed by atoms with Crippen molar-refractivity contribution < 1.29 is 23.5 Å². The summed E-state index contributed by atoms with van der Waals surface area (Å²) >= 11 is 0. The number of pyridine rings is 1.